The molecule has 4 rings (SSSR count). The van der Waals surface area contributed by atoms with Crippen molar-refractivity contribution in [1.29, 1.82) is 0 Å². The third-order valence-corrected chi connectivity index (χ3v) is 7.10. The Kier molecular flexibility index (Phi) is 5.96. The second-order valence-corrected chi connectivity index (χ2v) is 9.00. The van der Waals surface area contributed by atoms with Gasteiger partial charge in [-0.15, -0.1) is 11.3 Å². The number of thiophene rings is 2. The molecule has 1 atom stereocenters. The van der Waals surface area contributed by atoms with Crippen molar-refractivity contribution < 1.29 is 9.21 Å². The van der Waals surface area contributed by atoms with E-state index in [1.807, 2.05) is 0 Å². The number of hydrogen-bond acceptors (Lipinski definition) is 6. The van der Waals surface area contributed by atoms with Crippen molar-refractivity contribution in [1.82, 2.24) is 9.80 Å². The van der Waals surface area contributed by atoms with Crippen LogP contribution in [0.3, 0.4) is 0 Å². The predicted octanol–water partition coefficient (Wildman–Crippen LogP) is 4.55. The maximum atomic E-state index is 12.6. The average Bonchev–Trinajstić information content (AvgIpc) is 3.46. The van der Waals surface area contributed by atoms with Crippen LogP contribution < -0.4 is 5.32 Å². The van der Waals surface area contributed by atoms with Crippen LogP contribution in [-0.2, 0) is 6.42 Å². The zero-order valence-electron chi connectivity index (χ0n) is 16.2. The van der Waals surface area contributed by atoms with Gasteiger partial charge in [-0.2, -0.15) is 11.3 Å². The Morgan fingerprint density at radius 1 is 1.29 bits per heavy atom. The Morgan fingerprint density at radius 3 is 2.75 bits per heavy atom. The van der Waals surface area contributed by atoms with Gasteiger partial charge in [-0.1, -0.05) is 6.92 Å². The van der Waals surface area contributed by atoms with Crippen LogP contribution in [0.1, 0.15) is 39.5 Å². The third-order valence-electron chi connectivity index (χ3n) is 5.19. The van der Waals surface area contributed by atoms with Crippen molar-refractivity contribution >= 4 is 33.6 Å². The summed E-state index contributed by atoms with van der Waals surface area (Å²) in [7, 11) is 2.17. The summed E-state index contributed by atoms with van der Waals surface area (Å²) >= 11 is 3.39. The fourth-order valence-electron chi connectivity index (χ4n) is 3.60. The highest BCUT2D eigenvalue weighted by atomic mass is 32.1. The number of carbonyl (C=O) groups is 1. The van der Waals surface area contributed by atoms with Crippen molar-refractivity contribution in [3.05, 3.63) is 63.1 Å². The van der Waals surface area contributed by atoms with Crippen LogP contribution in [0.25, 0.3) is 0 Å². The Bertz CT molecular complexity index is 894. The van der Waals surface area contributed by atoms with Gasteiger partial charge in [0.05, 0.1) is 12.3 Å². The lowest BCUT2D eigenvalue weighted by atomic mass is 10.00. The van der Waals surface area contributed by atoms with Gasteiger partial charge < -0.3 is 14.6 Å². The molecular weight excluding hydrogens is 390 g/mol. The summed E-state index contributed by atoms with van der Waals surface area (Å²) in [6.07, 6.45) is 2.48. The number of likely N-dealkylation sites (N-methyl/N-ethyl adjacent to an activating group) is 1. The minimum Gasteiger partial charge on any atom is -0.459 e. The van der Waals surface area contributed by atoms with Crippen LogP contribution in [0.15, 0.2) is 45.7 Å². The number of aryl methyl sites for hydroxylation is 1. The quantitative estimate of drug-likeness (QED) is 0.641. The van der Waals surface area contributed by atoms with E-state index in [1.54, 1.807) is 34.8 Å². The molecule has 3 aromatic heterocycles. The molecule has 1 fully saturated rings. The summed E-state index contributed by atoms with van der Waals surface area (Å²) in [5.41, 5.74) is 2.48. The van der Waals surface area contributed by atoms with Crippen LogP contribution >= 0.6 is 22.7 Å². The SMILES string of the molecule is CCc1cc([C@H](c2ccsc2)N2CCN(C)CC2)c(NC(=O)c2ccco2)s1. The van der Waals surface area contributed by atoms with Gasteiger partial charge in [0.1, 0.15) is 5.00 Å². The van der Waals surface area contributed by atoms with Gasteiger partial charge in [0, 0.05) is 36.6 Å². The van der Waals surface area contributed by atoms with Crippen molar-refractivity contribution in [3.63, 3.8) is 0 Å². The highest BCUT2D eigenvalue weighted by Gasteiger charge is 2.29. The molecule has 0 radical (unpaired) electrons. The molecule has 1 amide bonds. The minimum absolute atomic E-state index is 0.156. The van der Waals surface area contributed by atoms with Gasteiger partial charge in [0.15, 0.2) is 5.76 Å². The van der Waals surface area contributed by atoms with E-state index >= 15 is 0 Å². The van der Waals surface area contributed by atoms with E-state index < -0.39 is 0 Å². The van der Waals surface area contributed by atoms with E-state index in [1.165, 1.54) is 22.3 Å². The lowest BCUT2D eigenvalue weighted by Crippen LogP contribution is -2.46. The van der Waals surface area contributed by atoms with E-state index in [4.69, 9.17) is 4.42 Å². The van der Waals surface area contributed by atoms with Crippen LogP contribution in [0.2, 0.25) is 0 Å². The van der Waals surface area contributed by atoms with Gasteiger partial charge in [0.2, 0.25) is 0 Å². The normalized spacial score (nSPS) is 16.9. The number of carbonyl (C=O) groups excluding carboxylic acids is 1. The first-order valence-corrected chi connectivity index (χ1v) is 11.3. The largest absolute Gasteiger partial charge is 0.459 e. The minimum atomic E-state index is -0.196. The molecule has 5 nitrogen and oxygen atoms in total. The maximum Gasteiger partial charge on any atom is 0.291 e. The molecule has 0 saturated carbocycles. The number of rotatable bonds is 6. The van der Waals surface area contributed by atoms with Crippen LogP contribution in [0.5, 0.6) is 0 Å². The smallest absolute Gasteiger partial charge is 0.291 e. The fourth-order valence-corrected chi connectivity index (χ4v) is 5.31. The number of furan rings is 1. The average molecular weight is 416 g/mol. The second kappa shape index (κ2) is 8.61. The topological polar surface area (TPSA) is 48.7 Å². The van der Waals surface area contributed by atoms with E-state index in [-0.39, 0.29) is 11.9 Å². The van der Waals surface area contributed by atoms with Crippen molar-refractivity contribution in [2.24, 2.45) is 0 Å². The number of amides is 1. The fraction of sp³-hybridized carbons (Fsp3) is 0.381. The molecule has 7 heteroatoms. The number of hydrogen-bond donors (Lipinski definition) is 1. The molecule has 0 spiro atoms. The van der Waals surface area contributed by atoms with Gasteiger partial charge in [-0.3, -0.25) is 9.69 Å². The third kappa shape index (κ3) is 4.07. The molecule has 0 unspecified atom stereocenters. The Hall–Kier alpha value is -1.93. The summed E-state index contributed by atoms with van der Waals surface area (Å²) in [6.45, 7) is 6.29. The van der Waals surface area contributed by atoms with Gasteiger partial charge in [0.25, 0.3) is 5.91 Å². The van der Waals surface area contributed by atoms with Crippen LogP contribution in [-0.4, -0.2) is 48.9 Å². The standard InChI is InChI=1S/C21H25N3O2S2/c1-3-16-13-17(21(28-16)22-20(25)18-5-4-11-26-18)19(15-6-12-27-14-15)24-9-7-23(2)8-10-24/h4-6,11-14,19H,3,7-10H2,1-2H3,(H,22,25)/t19-/m0/s1. The lowest BCUT2D eigenvalue weighted by Gasteiger charge is -2.38. The molecule has 1 aliphatic heterocycles. The first-order chi connectivity index (χ1) is 13.7. The summed E-state index contributed by atoms with van der Waals surface area (Å²) in [4.78, 5) is 18.8. The number of nitrogens with one attached hydrogen (secondary N) is 1. The monoisotopic (exact) mass is 415 g/mol. The van der Waals surface area contributed by atoms with E-state index in [9.17, 15) is 4.79 Å². The molecule has 1 N–H and O–H groups in total. The first-order valence-electron chi connectivity index (χ1n) is 9.58. The Morgan fingerprint density at radius 2 is 2.11 bits per heavy atom. The molecule has 28 heavy (non-hydrogen) atoms. The summed E-state index contributed by atoms with van der Waals surface area (Å²) in [5.74, 6) is 0.141. The zero-order valence-corrected chi connectivity index (χ0v) is 17.8. The van der Waals surface area contributed by atoms with Gasteiger partial charge >= 0.3 is 0 Å². The van der Waals surface area contributed by atoms with E-state index in [2.05, 4.69) is 52.0 Å². The van der Waals surface area contributed by atoms with Crippen LogP contribution in [0, 0.1) is 0 Å². The van der Waals surface area contributed by atoms with Crippen molar-refractivity contribution in [2.75, 3.05) is 38.5 Å². The molecule has 148 valence electrons. The summed E-state index contributed by atoms with van der Waals surface area (Å²) < 4.78 is 5.28. The zero-order chi connectivity index (χ0) is 19.5. The maximum absolute atomic E-state index is 12.6. The van der Waals surface area contributed by atoms with Gasteiger partial charge in [-0.05, 0) is 54.1 Å². The molecule has 0 aliphatic carbocycles. The molecule has 3 aromatic rings. The highest BCUT2D eigenvalue weighted by molar-refractivity contribution is 7.16. The predicted molar refractivity (Wildman–Crippen MR) is 116 cm³/mol. The molecule has 0 aromatic carbocycles. The Labute approximate surface area is 173 Å². The number of piperazine rings is 1. The molecular formula is C21H25N3O2S2. The van der Waals surface area contributed by atoms with Crippen molar-refractivity contribution in [3.8, 4) is 0 Å². The molecule has 1 aliphatic rings. The van der Waals surface area contributed by atoms with Crippen molar-refractivity contribution in [2.45, 2.75) is 19.4 Å². The number of nitrogens with zero attached hydrogens (tertiary/aromatic N) is 2. The first kappa shape index (κ1) is 19.4. The molecule has 1 saturated heterocycles. The van der Waals surface area contributed by atoms with E-state index in [0.717, 1.165) is 37.6 Å². The second-order valence-electron chi connectivity index (χ2n) is 7.08. The van der Waals surface area contributed by atoms with Crippen LogP contribution in [0.4, 0.5) is 5.00 Å². The van der Waals surface area contributed by atoms with E-state index in [0.29, 0.717) is 5.76 Å². The summed E-state index contributed by atoms with van der Waals surface area (Å²) in [5, 5.41) is 8.39. The number of anilines is 1. The van der Waals surface area contributed by atoms with Gasteiger partial charge in [-0.25, -0.2) is 0 Å². The molecule has 4 heterocycles. The molecule has 0 bridgehead atoms. The summed E-state index contributed by atoms with van der Waals surface area (Å²) in [6, 6.07) is 8.06. The Balaban J connectivity index is 1.69. The highest BCUT2D eigenvalue weighted by Crippen LogP contribution is 2.40. The lowest BCUT2D eigenvalue weighted by molar-refractivity contribution is 0.0996.